The van der Waals surface area contributed by atoms with E-state index in [9.17, 15) is 4.79 Å². The highest BCUT2D eigenvalue weighted by Crippen LogP contribution is 2.26. The fourth-order valence-corrected chi connectivity index (χ4v) is 1.32. The Kier molecular flexibility index (Phi) is 3.34. The highest BCUT2D eigenvalue weighted by atomic mass is 35.5. The molecule has 0 aromatic heterocycles. The van der Waals surface area contributed by atoms with Crippen molar-refractivity contribution in [3.8, 4) is 0 Å². The van der Waals surface area contributed by atoms with Crippen LogP contribution in [-0.2, 0) is 4.79 Å². The number of ketones is 1. The molecule has 1 unspecified atom stereocenters. The molecule has 13 heavy (non-hydrogen) atoms. The van der Waals surface area contributed by atoms with Gasteiger partial charge in [0, 0.05) is 5.92 Å². The number of benzene rings is 1. The Labute approximate surface area is 87.7 Å². The molecule has 0 amide bonds. The van der Waals surface area contributed by atoms with Crippen LogP contribution in [0.2, 0.25) is 10.0 Å². The first-order valence-corrected chi connectivity index (χ1v) is 4.73. The molecule has 0 aliphatic heterocycles. The fourth-order valence-electron chi connectivity index (χ4n) is 1.02. The maximum atomic E-state index is 11.1. The maximum Gasteiger partial charge on any atom is 0.136 e. The normalized spacial score (nSPS) is 12.6. The summed E-state index contributed by atoms with van der Waals surface area (Å²) in [6, 6.07) is 5.26. The van der Waals surface area contributed by atoms with Gasteiger partial charge in [0.05, 0.1) is 10.0 Å². The van der Waals surface area contributed by atoms with E-state index >= 15 is 0 Å². The van der Waals surface area contributed by atoms with Gasteiger partial charge < -0.3 is 0 Å². The van der Waals surface area contributed by atoms with Gasteiger partial charge in [0.25, 0.3) is 0 Å². The molecule has 0 aliphatic rings. The lowest BCUT2D eigenvalue weighted by molar-refractivity contribution is -0.118. The van der Waals surface area contributed by atoms with Crippen LogP contribution in [0.1, 0.15) is 25.3 Å². The number of carbonyl (C=O) groups excluding carboxylic acids is 1. The average Bonchev–Trinajstić information content (AvgIpc) is 2.08. The van der Waals surface area contributed by atoms with Gasteiger partial charge in [-0.05, 0) is 24.6 Å². The second kappa shape index (κ2) is 4.12. The number of carbonyl (C=O) groups is 1. The molecule has 0 radical (unpaired) electrons. The zero-order valence-electron chi connectivity index (χ0n) is 7.47. The molecule has 0 saturated heterocycles. The Bertz CT molecular complexity index is 334. The minimum absolute atomic E-state index is 0.116. The lowest BCUT2D eigenvalue weighted by Gasteiger charge is -2.08. The van der Waals surface area contributed by atoms with Crippen molar-refractivity contribution in [1.29, 1.82) is 0 Å². The van der Waals surface area contributed by atoms with Crippen LogP contribution in [0.25, 0.3) is 0 Å². The molecule has 0 aliphatic carbocycles. The average molecular weight is 217 g/mol. The van der Waals surface area contributed by atoms with Crippen molar-refractivity contribution in [3.63, 3.8) is 0 Å². The van der Waals surface area contributed by atoms with Gasteiger partial charge in [0.1, 0.15) is 5.78 Å². The van der Waals surface area contributed by atoms with E-state index in [4.69, 9.17) is 23.2 Å². The Morgan fingerprint density at radius 1 is 1.31 bits per heavy atom. The van der Waals surface area contributed by atoms with Crippen molar-refractivity contribution >= 4 is 29.0 Å². The van der Waals surface area contributed by atoms with Crippen LogP contribution < -0.4 is 0 Å². The van der Waals surface area contributed by atoms with Crippen molar-refractivity contribution in [3.05, 3.63) is 33.8 Å². The minimum Gasteiger partial charge on any atom is -0.299 e. The standard InChI is InChI=1S/C10H10Cl2O/c1-6(7(2)13)8-3-4-9(11)10(12)5-8/h3-6H,1-2H3. The van der Waals surface area contributed by atoms with Gasteiger partial charge in [-0.25, -0.2) is 0 Å². The number of halogens is 2. The predicted molar refractivity (Wildman–Crippen MR) is 55.6 cm³/mol. The van der Waals surface area contributed by atoms with Crippen molar-refractivity contribution in [2.75, 3.05) is 0 Å². The summed E-state index contributed by atoms with van der Waals surface area (Å²) >= 11 is 11.6. The number of hydrogen-bond donors (Lipinski definition) is 0. The third kappa shape index (κ3) is 2.45. The first kappa shape index (κ1) is 10.6. The molecule has 0 heterocycles. The molecule has 0 bridgehead atoms. The first-order valence-electron chi connectivity index (χ1n) is 3.97. The highest BCUT2D eigenvalue weighted by Gasteiger charge is 2.11. The van der Waals surface area contributed by atoms with Gasteiger partial charge in [-0.3, -0.25) is 4.79 Å². The van der Waals surface area contributed by atoms with Crippen LogP contribution in [-0.4, -0.2) is 5.78 Å². The summed E-state index contributed by atoms with van der Waals surface area (Å²) in [7, 11) is 0. The third-order valence-corrected chi connectivity index (χ3v) is 2.79. The van der Waals surface area contributed by atoms with E-state index in [-0.39, 0.29) is 11.7 Å². The van der Waals surface area contributed by atoms with E-state index in [2.05, 4.69) is 0 Å². The van der Waals surface area contributed by atoms with E-state index in [1.54, 1.807) is 19.1 Å². The molecule has 70 valence electrons. The Balaban J connectivity index is 3.03. The second-order valence-corrected chi connectivity index (χ2v) is 3.82. The van der Waals surface area contributed by atoms with Gasteiger partial charge in [0.15, 0.2) is 0 Å². The van der Waals surface area contributed by atoms with E-state index < -0.39 is 0 Å². The van der Waals surface area contributed by atoms with Crippen LogP contribution in [0.4, 0.5) is 0 Å². The van der Waals surface area contributed by atoms with Gasteiger partial charge in [-0.1, -0.05) is 36.2 Å². The zero-order valence-corrected chi connectivity index (χ0v) is 8.99. The molecule has 3 heteroatoms. The number of hydrogen-bond acceptors (Lipinski definition) is 1. The summed E-state index contributed by atoms with van der Waals surface area (Å²) in [5.74, 6) is 0.00755. The van der Waals surface area contributed by atoms with Crippen LogP contribution >= 0.6 is 23.2 Å². The van der Waals surface area contributed by atoms with E-state index in [0.29, 0.717) is 10.0 Å². The smallest absolute Gasteiger partial charge is 0.136 e. The fraction of sp³-hybridized carbons (Fsp3) is 0.300. The summed E-state index contributed by atoms with van der Waals surface area (Å²) in [5.41, 5.74) is 0.905. The van der Waals surface area contributed by atoms with Crippen LogP contribution in [0.5, 0.6) is 0 Å². The van der Waals surface area contributed by atoms with Gasteiger partial charge >= 0.3 is 0 Å². The molecule has 0 fully saturated rings. The van der Waals surface area contributed by atoms with Crippen molar-refractivity contribution < 1.29 is 4.79 Å². The largest absolute Gasteiger partial charge is 0.299 e. The summed E-state index contributed by atoms with van der Waals surface area (Å²) < 4.78 is 0. The van der Waals surface area contributed by atoms with Crippen molar-refractivity contribution in [2.24, 2.45) is 0 Å². The molecule has 0 saturated carbocycles. The summed E-state index contributed by atoms with van der Waals surface area (Å²) in [4.78, 5) is 11.1. The molecule has 1 aromatic carbocycles. The van der Waals surface area contributed by atoms with Gasteiger partial charge in [-0.15, -0.1) is 0 Å². The Morgan fingerprint density at radius 3 is 2.38 bits per heavy atom. The SMILES string of the molecule is CC(=O)C(C)c1ccc(Cl)c(Cl)c1. The van der Waals surface area contributed by atoms with E-state index in [1.807, 2.05) is 13.0 Å². The highest BCUT2D eigenvalue weighted by molar-refractivity contribution is 6.42. The predicted octanol–water partition coefficient (Wildman–Crippen LogP) is 3.69. The quantitative estimate of drug-likeness (QED) is 0.738. The molecule has 1 atom stereocenters. The Morgan fingerprint density at radius 2 is 1.92 bits per heavy atom. The molecule has 0 N–H and O–H groups in total. The monoisotopic (exact) mass is 216 g/mol. The summed E-state index contributed by atoms with van der Waals surface area (Å²) in [6.07, 6.45) is 0. The van der Waals surface area contributed by atoms with Crippen molar-refractivity contribution in [1.82, 2.24) is 0 Å². The van der Waals surface area contributed by atoms with Crippen LogP contribution in [0, 0.1) is 0 Å². The summed E-state index contributed by atoms with van der Waals surface area (Å²) in [6.45, 7) is 3.41. The third-order valence-electron chi connectivity index (χ3n) is 2.05. The summed E-state index contributed by atoms with van der Waals surface area (Å²) in [5, 5.41) is 1.01. The topological polar surface area (TPSA) is 17.1 Å². The molecule has 1 rings (SSSR count). The molecular weight excluding hydrogens is 207 g/mol. The zero-order chi connectivity index (χ0) is 10.0. The van der Waals surface area contributed by atoms with Crippen molar-refractivity contribution in [2.45, 2.75) is 19.8 Å². The van der Waals surface area contributed by atoms with Gasteiger partial charge in [0.2, 0.25) is 0 Å². The molecule has 1 aromatic rings. The molecular formula is C10H10Cl2O. The molecule has 0 spiro atoms. The van der Waals surface area contributed by atoms with Gasteiger partial charge in [-0.2, -0.15) is 0 Å². The number of Topliss-reactive ketones (excluding diaryl/α,β-unsaturated/α-hetero) is 1. The minimum atomic E-state index is -0.116. The number of rotatable bonds is 2. The van der Waals surface area contributed by atoms with Crippen LogP contribution in [0.3, 0.4) is 0 Å². The van der Waals surface area contributed by atoms with E-state index in [0.717, 1.165) is 5.56 Å². The second-order valence-electron chi connectivity index (χ2n) is 3.01. The maximum absolute atomic E-state index is 11.1. The lowest BCUT2D eigenvalue weighted by Crippen LogP contribution is -2.03. The lowest BCUT2D eigenvalue weighted by atomic mass is 9.98. The Hall–Kier alpha value is -0.530. The molecule has 1 nitrogen and oxygen atoms in total. The van der Waals surface area contributed by atoms with Crippen LogP contribution in [0.15, 0.2) is 18.2 Å². The first-order chi connectivity index (χ1) is 6.02. The van der Waals surface area contributed by atoms with E-state index in [1.165, 1.54) is 0 Å².